The topological polar surface area (TPSA) is 64.8 Å². The number of anilines is 2. The molecule has 0 aromatic carbocycles. The molecule has 1 aromatic heterocycles. The minimum atomic E-state index is 0.143. The van der Waals surface area contributed by atoms with Crippen molar-refractivity contribution >= 4 is 11.6 Å². The minimum Gasteiger partial charge on any atom is -0.373 e. The molecular formula is C12H19N5. The molecule has 1 aromatic rings. The summed E-state index contributed by atoms with van der Waals surface area (Å²) in [5.41, 5.74) is 1.09. The molecule has 0 amide bonds. The highest BCUT2D eigenvalue weighted by atomic mass is 15.2. The molecule has 0 fully saturated rings. The lowest BCUT2D eigenvalue weighted by atomic mass is 10.1. The molecule has 1 heterocycles. The van der Waals surface area contributed by atoms with Crippen molar-refractivity contribution in [1.82, 2.24) is 9.97 Å². The predicted molar refractivity (Wildman–Crippen MR) is 69.1 cm³/mol. The fourth-order valence-electron chi connectivity index (χ4n) is 1.73. The van der Waals surface area contributed by atoms with E-state index in [1.54, 1.807) is 6.33 Å². The first-order chi connectivity index (χ1) is 8.15. The Hall–Kier alpha value is -1.83. The summed E-state index contributed by atoms with van der Waals surface area (Å²) in [6.45, 7) is 4.09. The third-order valence-electron chi connectivity index (χ3n) is 2.89. The van der Waals surface area contributed by atoms with Crippen LogP contribution >= 0.6 is 0 Å². The van der Waals surface area contributed by atoms with E-state index in [-0.39, 0.29) is 6.04 Å². The normalized spacial score (nSPS) is 11.7. The van der Waals surface area contributed by atoms with Gasteiger partial charge < -0.3 is 10.2 Å². The summed E-state index contributed by atoms with van der Waals surface area (Å²) in [6.07, 6.45) is 2.89. The molecule has 0 saturated carbocycles. The zero-order valence-corrected chi connectivity index (χ0v) is 10.9. The molecule has 0 spiro atoms. The molecule has 0 aliphatic carbocycles. The van der Waals surface area contributed by atoms with Crippen LogP contribution < -0.4 is 10.2 Å². The zero-order valence-electron chi connectivity index (χ0n) is 10.9. The van der Waals surface area contributed by atoms with E-state index >= 15 is 0 Å². The van der Waals surface area contributed by atoms with Crippen LogP contribution in [0.4, 0.5) is 11.6 Å². The maximum Gasteiger partial charge on any atom is 0.137 e. The Labute approximate surface area is 102 Å². The van der Waals surface area contributed by atoms with Crippen LogP contribution in [0.5, 0.6) is 0 Å². The summed E-state index contributed by atoms with van der Waals surface area (Å²) in [5.74, 6) is 1.75. The fourth-order valence-corrected chi connectivity index (χ4v) is 1.73. The second-order valence-electron chi connectivity index (χ2n) is 3.95. The van der Waals surface area contributed by atoms with Gasteiger partial charge in [0.2, 0.25) is 0 Å². The number of rotatable bonds is 5. The average Bonchev–Trinajstić information content (AvgIpc) is 2.36. The monoisotopic (exact) mass is 233 g/mol. The second-order valence-corrected chi connectivity index (χ2v) is 3.95. The minimum absolute atomic E-state index is 0.143. The van der Waals surface area contributed by atoms with Crippen LogP contribution in [0, 0.1) is 11.3 Å². The van der Waals surface area contributed by atoms with E-state index in [1.807, 2.05) is 25.9 Å². The van der Waals surface area contributed by atoms with Gasteiger partial charge in [-0.05, 0) is 13.3 Å². The molecule has 17 heavy (non-hydrogen) atoms. The van der Waals surface area contributed by atoms with Crippen molar-refractivity contribution in [2.45, 2.75) is 32.7 Å². The van der Waals surface area contributed by atoms with Gasteiger partial charge in [0, 0.05) is 25.7 Å². The van der Waals surface area contributed by atoms with Gasteiger partial charge in [0.15, 0.2) is 0 Å². The van der Waals surface area contributed by atoms with E-state index in [1.165, 1.54) is 0 Å². The molecule has 1 unspecified atom stereocenters. The third kappa shape index (κ3) is 2.84. The maximum absolute atomic E-state index is 8.74. The number of hydrogen-bond acceptors (Lipinski definition) is 5. The largest absolute Gasteiger partial charge is 0.373 e. The Kier molecular flexibility index (Phi) is 4.70. The van der Waals surface area contributed by atoms with Crippen LogP contribution in [0.15, 0.2) is 6.33 Å². The van der Waals surface area contributed by atoms with E-state index in [0.29, 0.717) is 6.42 Å². The molecule has 0 aliphatic heterocycles. The van der Waals surface area contributed by atoms with E-state index in [2.05, 4.69) is 28.3 Å². The van der Waals surface area contributed by atoms with Crippen molar-refractivity contribution < 1.29 is 0 Å². The van der Waals surface area contributed by atoms with Crippen LogP contribution in [0.2, 0.25) is 0 Å². The summed E-state index contributed by atoms with van der Waals surface area (Å²) in [6, 6.07) is 2.33. The van der Waals surface area contributed by atoms with E-state index in [4.69, 9.17) is 5.26 Å². The molecule has 1 atom stereocenters. The first kappa shape index (κ1) is 13.2. The first-order valence-electron chi connectivity index (χ1n) is 5.77. The molecule has 92 valence electrons. The van der Waals surface area contributed by atoms with Crippen molar-refractivity contribution in [1.29, 1.82) is 5.26 Å². The molecule has 0 saturated heterocycles. The highest BCUT2D eigenvalue weighted by Crippen LogP contribution is 2.24. The van der Waals surface area contributed by atoms with Gasteiger partial charge in [-0.25, -0.2) is 9.97 Å². The van der Waals surface area contributed by atoms with Gasteiger partial charge in [-0.15, -0.1) is 0 Å². The number of nitriles is 1. The average molecular weight is 233 g/mol. The van der Waals surface area contributed by atoms with E-state index < -0.39 is 0 Å². The van der Waals surface area contributed by atoms with Crippen LogP contribution in [0.3, 0.4) is 0 Å². The van der Waals surface area contributed by atoms with Crippen LogP contribution in [0.25, 0.3) is 0 Å². The molecule has 5 nitrogen and oxygen atoms in total. The Morgan fingerprint density at radius 3 is 2.76 bits per heavy atom. The number of nitrogens with one attached hydrogen (secondary N) is 1. The standard InChI is InChI=1S/C12H19N5/c1-5-10-11(14-3)15-8-16-12(10)17(4)9(2)6-7-13/h8-9H,5-6H2,1-4H3,(H,14,15,16). The van der Waals surface area contributed by atoms with Crippen LogP contribution in [0.1, 0.15) is 25.8 Å². The quantitative estimate of drug-likeness (QED) is 0.840. The summed E-state index contributed by atoms with van der Waals surface area (Å²) in [7, 11) is 3.81. The molecular weight excluding hydrogens is 214 g/mol. The molecule has 0 bridgehead atoms. The fraction of sp³-hybridized carbons (Fsp3) is 0.583. The summed E-state index contributed by atoms with van der Waals surface area (Å²) >= 11 is 0. The van der Waals surface area contributed by atoms with Gasteiger partial charge in [0.05, 0.1) is 12.5 Å². The summed E-state index contributed by atoms with van der Waals surface area (Å²) in [4.78, 5) is 10.6. The van der Waals surface area contributed by atoms with Crippen LogP contribution in [-0.2, 0) is 6.42 Å². The van der Waals surface area contributed by atoms with Crippen molar-refractivity contribution in [3.63, 3.8) is 0 Å². The van der Waals surface area contributed by atoms with Gasteiger partial charge in [-0.2, -0.15) is 5.26 Å². The molecule has 1 N–H and O–H groups in total. The molecule has 1 rings (SSSR count). The van der Waals surface area contributed by atoms with Crippen molar-refractivity contribution in [3.05, 3.63) is 11.9 Å². The predicted octanol–water partition coefficient (Wildman–Crippen LogP) is 1.82. The lowest BCUT2D eigenvalue weighted by molar-refractivity contribution is 0.688. The Morgan fingerprint density at radius 2 is 2.24 bits per heavy atom. The Bertz CT molecular complexity index is 410. The van der Waals surface area contributed by atoms with Gasteiger partial charge in [-0.1, -0.05) is 6.92 Å². The van der Waals surface area contributed by atoms with Gasteiger partial charge in [0.1, 0.15) is 18.0 Å². The zero-order chi connectivity index (χ0) is 12.8. The van der Waals surface area contributed by atoms with Crippen molar-refractivity contribution in [2.75, 3.05) is 24.3 Å². The van der Waals surface area contributed by atoms with Gasteiger partial charge in [-0.3, -0.25) is 0 Å². The smallest absolute Gasteiger partial charge is 0.137 e. The molecule has 0 aliphatic rings. The van der Waals surface area contributed by atoms with Crippen molar-refractivity contribution in [3.8, 4) is 6.07 Å². The Morgan fingerprint density at radius 1 is 1.53 bits per heavy atom. The number of aromatic nitrogens is 2. The molecule has 0 radical (unpaired) electrons. The van der Waals surface area contributed by atoms with E-state index in [0.717, 1.165) is 23.6 Å². The first-order valence-corrected chi connectivity index (χ1v) is 5.77. The highest BCUT2D eigenvalue weighted by Gasteiger charge is 2.16. The second kappa shape index (κ2) is 6.04. The maximum atomic E-state index is 8.74. The van der Waals surface area contributed by atoms with Crippen molar-refractivity contribution in [2.24, 2.45) is 0 Å². The van der Waals surface area contributed by atoms with Gasteiger partial charge in [0.25, 0.3) is 0 Å². The number of nitrogens with zero attached hydrogens (tertiary/aromatic N) is 4. The highest BCUT2D eigenvalue weighted by molar-refractivity contribution is 5.58. The Balaban J connectivity index is 3.09. The lowest BCUT2D eigenvalue weighted by Crippen LogP contribution is -2.30. The molecule has 5 heteroatoms. The van der Waals surface area contributed by atoms with Gasteiger partial charge >= 0.3 is 0 Å². The lowest BCUT2D eigenvalue weighted by Gasteiger charge is -2.26. The summed E-state index contributed by atoms with van der Waals surface area (Å²) in [5, 5.41) is 11.8. The third-order valence-corrected chi connectivity index (χ3v) is 2.89. The van der Waals surface area contributed by atoms with Crippen LogP contribution in [-0.4, -0.2) is 30.1 Å². The summed E-state index contributed by atoms with van der Waals surface area (Å²) < 4.78 is 0. The van der Waals surface area contributed by atoms with E-state index in [9.17, 15) is 0 Å². The number of hydrogen-bond donors (Lipinski definition) is 1. The SMILES string of the molecule is CCc1c(NC)ncnc1N(C)C(C)CC#N.